The summed E-state index contributed by atoms with van der Waals surface area (Å²) in [5.41, 5.74) is -0.532. The van der Waals surface area contributed by atoms with E-state index in [1.165, 1.54) is 42.7 Å². The Morgan fingerprint density at radius 1 is 1.13 bits per heavy atom. The second-order valence-corrected chi connectivity index (χ2v) is 4.71. The zero-order chi connectivity index (χ0) is 16.4. The van der Waals surface area contributed by atoms with Crippen LogP contribution >= 0.6 is 0 Å². The number of aromatic nitrogens is 3. The molecule has 5 nitrogen and oxygen atoms in total. The van der Waals surface area contributed by atoms with Crippen molar-refractivity contribution in [2.75, 3.05) is 0 Å². The number of fused-ring (bicyclic) bond motifs is 1. The minimum atomic E-state index is -4.66. The number of hydrogen-bond donors (Lipinski definition) is 1. The first-order valence-electron chi connectivity index (χ1n) is 6.57. The normalized spacial score (nSPS) is 13.0. The molecule has 8 heteroatoms. The number of hydrogen-bond acceptors (Lipinski definition) is 4. The molecule has 0 saturated carbocycles. The van der Waals surface area contributed by atoms with E-state index >= 15 is 0 Å². The Morgan fingerprint density at radius 2 is 1.87 bits per heavy atom. The van der Waals surface area contributed by atoms with Gasteiger partial charge in [0.15, 0.2) is 0 Å². The molecule has 0 radical (unpaired) electrons. The minimum Gasteiger partial charge on any atom is -0.447 e. The van der Waals surface area contributed by atoms with Gasteiger partial charge < -0.3 is 4.74 Å². The lowest BCUT2D eigenvalue weighted by Gasteiger charge is -2.21. The summed E-state index contributed by atoms with van der Waals surface area (Å²) in [5.74, 6) is 0. The van der Waals surface area contributed by atoms with E-state index in [1.807, 2.05) is 0 Å². The number of rotatable bonds is 3. The van der Waals surface area contributed by atoms with Crippen LogP contribution in [0.3, 0.4) is 0 Å². The largest absolute Gasteiger partial charge is 0.447 e. The fourth-order valence-electron chi connectivity index (χ4n) is 2.09. The SMILES string of the molecule is O=c1[nH]c(OC(c2ccccc2)C(F)(F)F)nc2cnccc12. The highest BCUT2D eigenvalue weighted by atomic mass is 19.4. The topological polar surface area (TPSA) is 67.9 Å². The third kappa shape index (κ3) is 3.15. The lowest BCUT2D eigenvalue weighted by atomic mass is 10.1. The smallest absolute Gasteiger partial charge is 0.429 e. The average molecular weight is 321 g/mol. The van der Waals surface area contributed by atoms with E-state index in [9.17, 15) is 18.0 Å². The summed E-state index contributed by atoms with van der Waals surface area (Å²) in [5, 5.41) is 0.218. The van der Waals surface area contributed by atoms with Crippen molar-refractivity contribution in [3.05, 3.63) is 64.7 Å². The molecule has 3 rings (SSSR count). The van der Waals surface area contributed by atoms with Gasteiger partial charge in [0.25, 0.3) is 11.6 Å². The Balaban J connectivity index is 2.02. The van der Waals surface area contributed by atoms with Crippen LogP contribution in [0.15, 0.2) is 53.6 Å². The first kappa shape index (κ1) is 15.0. The maximum Gasteiger partial charge on any atom is 0.429 e. The van der Waals surface area contributed by atoms with Crippen LogP contribution in [0.1, 0.15) is 11.7 Å². The maximum atomic E-state index is 13.2. The highest BCUT2D eigenvalue weighted by Gasteiger charge is 2.43. The molecular formula is C15H10F3N3O2. The van der Waals surface area contributed by atoms with Crippen LogP contribution in [0.4, 0.5) is 13.2 Å². The summed E-state index contributed by atoms with van der Waals surface area (Å²) >= 11 is 0. The van der Waals surface area contributed by atoms with Crippen molar-refractivity contribution in [3.63, 3.8) is 0 Å². The Bertz CT molecular complexity index is 878. The predicted molar refractivity (Wildman–Crippen MR) is 76.0 cm³/mol. The van der Waals surface area contributed by atoms with Gasteiger partial charge in [-0.3, -0.25) is 14.8 Å². The molecule has 0 saturated heterocycles. The molecule has 118 valence electrons. The molecule has 1 unspecified atom stereocenters. The molecule has 0 spiro atoms. The van der Waals surface area contributed by atoms with Gasteiger partial charge in [0.2, 0.25) is 6.10 Å². The van der Waals surface area contributed by atoms with Crippen LogP contribution in [0, 0.1) is 0 Å². The van der Waals surface area contributed by atoms with E-state index in [0.29, 0.717) is 0 Å². The van der Waals surface area contributed by atoms with E-state index in [-0.39, 0.29) is 16.5 Å². The van der Waals surface area contributed by atoms with Gasteiger partial charge in [0, 0.05) is 11.8 Å². The molecule has 0 aliphatic carbocycles. The molecule has 1 N–H and O–H groups in total. The minimum absolute atomic E-state index is 0.0890. The van der Waals surface area contributed by atoms with Crippen LogP contribution in [-0.4, -0.2) is 21.1 Å². The van der Waals surface area contributed by atoms with Crippen molar-refractivity contribution >= 4 is 10.9 Å². The molecule has 0 bridgehead atoms. The van der Waals surface area contributed by atoms with Crippen molar-refractivity contribution in [1.82, 2.24) is 15.0 Å². The van der Waals surface area contributed by atoms with E-state index in [4.69, 9.17) is 4.74 Å². The third-order valence-electron chi connectivity index (χ3n) is 3.12. The number of halogens is 3. The van der Waals surface area contributed by atoms with E-state index in [2.05, 4.69) is 15.0 Å². The van der Waals surface area contributed by atoms with Crippen LogP contribution in [0.2, 0.25) is 0 Å². The maximum absolute atomic E-state index is 13.2. The van der Waals surface area contributed by atoms with E-state index in [0.717, 1.165) is 0 Å². The molecular weight excluding hydrogens is 311 g/mol. The Hall–Kier alpha value is -2.90. The number of nitrogens with zero attached hydrogens (tertiary/aromatic N) is 2. The van der Waals surface area contributed by atoms with Gasteiger partial charge in [0.05, 0.1) is 17.1 Å². The van der Waals surface area contributed by atoms with Crippen molar-refractivity contribution < 1.29 is 17.9 Å². The average Bonchev–Trinajstić information content (AvgIpc) is 2.52. The molecule has 2 aromatic heterocycles. The zero-order valence-corrected chi connectivity index (χ0v) is 11.5. The van der Waals surface area contributed by atoms with Crippen molar-refractivity contribution in [3.8, 4) is 6.01 Å². The quantitative estimate of drug-likeness (QED) is 0.805. The summed E-state index contributed by atoms with van der Waals surface area (Å²) in [6.07, 6.45) is -4.23. The van der Waals surface area contributed by atoms with Gasteiger partial charge in [-0.2, -0.15) is 18.2 Å². The Morgan fingerprint density at radius 3 is 2.57 bits per heavy atom. The summed E-state index contributed by atoms with van der Waals surface area (Å²) < 4.78 is 44.7. The lowest BCUT2D eigenvalue weighted by Crippen LogP contribution is -2.27. The van der Waals surface area contributed by atoms with Crippen molar-refractivity contribution in [1.29, 1.82) is 0 Å². The van der Waals surface area contributed by atoms with E-state index in [1.54, 1.807) is 6.07 Å². The Labute approximate surface area is 127 Å². The van der Waals surface area contributed by atoms with Gasteiger partial charge in [-0.05, 0) is 6.07 Å². The predicted octanol–water partition coefficient (Wildman–Crippen LogP) is 3.00. The lowest BCUT2D eigenvalue weighted by molar-refractivity contribution is -0.199. The van der Waals surface area contributed by atoms with Crippen LogP contribution in [0.25, 0.3) is 10.9 Å². The molecule has 1 atom stereocenters. The van der Waals surface area contributed by atoms with Gasteiger partial charge in [-0.25, -0.2) is 0 Å². The van der Waals surface area contributed by atoms with Crippen molar-refractivity contribution in [2.24, 2.45) is 0 Å². The second kappa shape index (κ2) is 5.71. The molecule has 23 heavy (non-hydrogen) atoms. The first-order chi connectivity index (χ1) is 10.9. The van der Waals surface area contributed by atoms with Crippen LogP contribution in [0.5, 0.6) is 6.01 Å². The standard InChI is InChI=1S/C15H10F3N3O2/c16-15(17,18)12(9-4-2-1-3-5-9)23-14-20-11-8-19-7-6-10(11)13(22)21-14/h1-8,12H,(H,20,21,22). The van der Waals surface area contributed by atoms with Crippen LogP contribution < -0.4 is 10.3 Å². The highest BCUT2D eigenvalue weighted by Crippen LogP contribution is 2.35. The second-order valence-electron chi connectivity index (χ2n) is 4.71. The number of nitrogens with one attached hydrogen (secondary N) is 1. The molecule has 3 aromatic rings. The Kier molecular flexibility index (Phi) is 3.73. The van der Waals surface area contributed by atoms with Gasteiger partial charge in [-0.15, -0.1) is 0 Å². The third-order valence-corrected chi connectivity index (χ3v) is 3.12. The summed E-state index contributed by atoms with van der Waals surface area (Å²) in [4.78, 5) is 21.8. The fraction of sp³-hybridized carbons (Fsp3) is 0.133. The molecule has 0 fully saturated rings. The van der Waals surface area contributed by atoms with Crippen LogP contribution in [-0.2, 0) is 0 Å². The fourth-order valence-corrected chi connectivity index (χ4v) is 2.09. The molecule has 0 amide bonds. The van der Waals surface area contributed by atoms with Gasteiger partial charge >= 0.3 is 6.18 Å². The number of H-pyrrole nitrogens is 1. The number of benzene rings is 1. The summed E-state index contributed by atoms with van der Waals surface area (Å²) in [6, 6.07) is 8.03. The first-order valence-corrected chi connectivity index (χ1v) is 6.57. The zero-order valence-electron chi connectivity index (χ0n) is 11.5. The summed E-state index contributed by atoms with van der Waals surface area (Å²) in [7, 11) is 0. The van der Waals surface area contributed by atoms with Crippen molar-refractivity contribution in [2.45, 2.75) is 12.3 Å². The van der Waals surface area contributed by atoms with Gasteiger partial charge in [0.1, 0.15) is 0 Å². The molecule has 0 aliphatic rings. The van der Waals surface area contributed by atoms with E-state index < -0.39 is 23.8 Å². The molecule has 0 aliphatic heterocycles. The highest BCUT2D eigenvalue weighted by molar-refractivity contribution is 5.76. The number of ether oxygens (including phenoxy) is 1. The van der Waals surface area contributed by atoms with Gasteiger partial charge in [-0.1, -0.05) is 30.3 Å². The summed E-state index contributed by atoms with van der Waals surface area (Å²) in [6.45, 7) is 0. The molecule has 2 heterocycles. The number of pyridine rings is 1. The molecule has 1 aromatic carbocycles. The monoisotopic (exact) mass is 321 g/mol. The number of aromatic amines is 1. The number of alkyl halides is 3.